The molecular weight excluding hydrogens is 368 g/mol. The number of amides is 1. The standard InChI is InChI=1S/C22H22N4OS/c27-21(18-10-3-1-4-11-18)25-22(28)24-16-9-17-26(19-12-5-2-6-13-19)20-14-7-8-15-23-20/h1-8,10-15H,9,16-17H2,(H2,24,25,27,28). The van der Waals surface area contributed by atoms with Crippen LogP contribution >= 0.6 is 12.2 Å². The van der Waals surface area contributed by atoms with E-state index in [0.29, 0.717) is 17.2 Å². The van der Waals surface area contributed by atoms with E-state index in [1.165, 1.54) is 0 Å². The predicted molar refractivity (Wildman–Crippen MR) is 117 cm³/mol. The summed E-state index contributed by atoms with van der Waals surface area (Å²) in [5.41, 5.74) is 1.67. The van der Waals surface area contributed by atoms with E-state index in [0.717, 1.165) is 24.5 Å². The van der Waals surface area contributed by atoms with Gasteiger partial charge in [-0.1, -0.05) is 42.5 Å². The summed E-state index contributed by atoms with van der Waals surface area (Å²) in [5, 5.41) is 6.13. The fraction of sp³-hybridized carbons (Fsp3) is 0.136. The minimum atomic E-state index is -0.211. The van der Waals surface area contributed by atoms with Gasteiger partial charge in [0.1, 0.15) is 5.82 Å². The molecule has 0 saturated heterocycles. The second-order valence-electron chi connectivity index (χ2n) is 6.10. The molecule has 6 heteroatoms. The van der Waals surface area contributed by atoms with Crippen molar-refractivity contribution in [2.24, 2.45) is 0 Å². The largest absolute Gasteiger partial charge is 0.362 e. The number of nitrogens with zero attached hydrogens (tertiary/aromatic N) is 2. The lowest BCUT2D eigenvalue weighted by Gasteiger charge is -2.24. The Labute approximate surface area is 170 Å². The molecule has 0 aliphatic carbocycles. The van der Waals surface area contributed by atoms with Crippen LogP contribution in [0.15, 0.2) is 85.1 Å². The molecule has 0 saturated carbocycles. The zero-order chi connectivity index (χ0) is 19.6. The molecule has 0 radical (unpaired) electrons. The monoisotopic (exact) mass is 390 g/mol. The van der Waals surface area contributed by atoms with Gasteiger partial charge in [-0.15, -0.1) is 0 Å². The summed E-state index contributed by atoms with van der Waals surface area (Å²) in [6.07, 6.45) is 2.62. The fourth-order valence-electron chi connectivity index (χ4n) is 2.75. The zero-order valence-corrected chi connectivity index (χ0v) is 16.2. The molecule has 2 N–H and O–H groups in total. The Hall–Kier alpha value is -3.25. The number of nitrogens with one attached hydrogen (secondary N) is 2. The van der Waals surface area contributed by atoms with Gasteiger partial charge in [-0.25, -0.2) is 4.98 Å². The maximum atomic E-state index is 12.1. The summed E-state index contributed by atoms with van der Waals surface area (Å²) in [4.78, 5) is 18.7. The molecule has 3 aromatic rings. The molecule has 0 aliphatic heterocycles. The number of hydrogen-bond donors (Lipinski definition) is 2. The number of benzene rings is 2. The van der Waals surface area contributed by atoms with Gasteiger partial charge >= 0.3 is 0 Å². The van der Waals surface area contributed by atoms with Crippen molar-refractivity contribution >= 4 is 34.7 Å². The molecule has 1 heterocycles. The highest BCUT2D eigenvalue weighted by molar-refractivity contribution is 7.80. The van der Waals surface area contributed by atoms with Crippen molar-refractivity contribution < 1.29 is 4.79 Å². The van der Waals surface area contributed by atoms with Crippen molar-refractivity contribution in [3.8, 4) is 0 Å². The van der Waals surface area contributed by atoms with Crippen LogP contribution in [0.5, 0.6) is 0 Å². The minimum absolute atomic E-state index is 0.211. The summed E-state index contributed by atoms with van der Waals surface area (Å²) < 4.78 is 0. The summed E-state index contributed by atoms with van der Waals surface area (Å²) in [5.74, 6) is 0.686. The van der Waals surface area contributed by atoms with Crippen molar-refractivity contribution in [3.63, 3.8) is 0 Å². The highest BCUT2D eigenvalue weighted by Gasteiger charge is 2.10. The van der Waals surface area contributed by atoms with Gasteiger partial charge in [0.05, 0.1) is 0 Å². The minimum Gasteiger partial charge on any atom is -0.362 e. The third-order valence-corrected chi connectivity index (χ3v) is 4.35. The van der Waals surface area contributed by atoms with E-state index >= 15 is 0 Å². The molecule has 0 fully saturated rings. The van der Waals surface area contributed by atoms with Crippen molar-refractivity contribution in [2.45, 2.75) is 6.42 Å². The van der Waals surface area contributed by atoms with Crippen LogP contribution in [0.2, 0.25) is 0 Å². The number of carbonyl (C=O) groups is 1. The van der Waals surface area contributed by atoms with Crippen molar-refractivity contribution in [3.05, 3.63) is 90.6 Å². The molecule has 3 rings (SSSR count). The predicted octanol–water partition coefficient (Wildman–Crippen LogP) is 3.91. The van der Waals surface area contributed by atoms with Crippen LogP contribution in [0.3, 0.4) is 0 Å². The SMILES string of the molecule is O=C(NC(=S)NCCCN(c1ccccc1)c1ccccn1)c1ccccc1. The number of aromatic nitrogens is 1. The lowest BCUT2D eigenvalue weighted by atomic mass is 10.2. The van der Waals surface area contributed by atoms with Gasteiger partial charge in [0.25, 0.3) is 5.91 Å². The molecule has 1 aromatic heterocycles. The van der Waals surface area contributed by atoms with E-state index in [9.17, 15) is 4.79 Å². The van der Waals surface area contributed by atoms with E-state index in [4.69, 9.17) is 12.2 Å². The molecule has 5 nitrogen and oxygen atoms in total. The van der Waals surface area contributed by atoms with Crippen LogP contribution in [0.4, 0.5) is 11.5 Å². The van der Waals surface area contributed by atoms with Gasteiger partial charge in [0.2, 0.25) is 0 Å². The van der Waals surface area contributed by atoms with E-state index in [2.05, 4.69) is 32.7 Å². The van der Waals surface area contributed by atoms with Crippen molar-refractivity contribution in [2.75, 3.05) is 18.0 Å². The lowest BCUT2D eigenvalue weighted by Crippen LogP contribution is -2.40. The van der Waals surface area contributed by atoms with Crippen LogP contribution in [-0.2, 0) is 0 Å². The number of carbonyl (C=O) groups excluding carboxylic acids is 1. The number of para-hydroxylation sites is 1. The molecule has 28 heavy (non-hydrogen) atoms. The average molecular weight is 391 g/mol. The topological polar surface area (TPSA) is 57.3 Å². The van der Waals surface area contributed by atoms with Crippen LogP contribution in [-0.4, -0.2) is 29.1 Å². The molecule has 0 atom stereocenters. The molecule has 2 aromatic carbocycles. The number of thiocarbonyl (C=S) groups is 1. The molecule has 0 bridgehead atoms. The summed E-state index contributed by atoms with van der Waals surface area (Å²) in [6.45, 7) is 1.41. The van der Waals surface area contributed by atoms with Gasteiger partial charge in [0.15, 0.2) is 5.11 Å². The highest BCUT2D eigenvalue weighted by atomic mass is 32.1. The summed E-state index contributed by atoms with van der Waals surface area (Å²) >= 11 is 5.23. The maximum Gasteiger partial charge on any atom is 0.257 e. The normalized spacial score (nSPS) is 10.1. The second kappa shape index (κ2) is 10.2. The molecule has 1 amide bonds. The molecular formula is C22H22N4OS. The van der Waals surface area contributed by atoms with Crippen molar-refractivity contribution in [1.29, 1.82) is 0 Å². The van der Waals surface area contributed by atoms with Crippen molar-refractivity contribution in [1.82, 2.24) is 15.6 Å². The van der Waals surface area contributed by atoms with Gasteiger partial charge in [-0.2, -0.15) is 0 Å². The molecule has 142 valence electrons. The Morgan fingerprint density at radius 1 is 0.929 bits per heavy atom. The van der Waals surface area contributed by atoms with E-state index in [-0.39, 0.29) is 5.91 Å². The van der Waals surface area contributed by atoms with Crippen LogP contribution in [0.25, 0.3) is 0 Å². The fourth-order valence-corrected chi connectivity index (χ4v) is 2.94. The van der Waals surface area contributed by atoms with Gasteiger partial charge in [0, 0.05) is 30.5 Å². The van der Waals surface area contributed by atoms with Gasteiger partial charge in [-0.3, -0.25) is 10.1 Å². The second-order valence-corrected chi connectivity index (χ2v) is 6.51. The summed E-state index contributed by atoms with van der Waals surface area (Å²) in [7, 11) is 0. The molecule has 0 spiro atoms. The maximum absolute atomic E-state index is 12.1. The quantitative estimate of drug-likeness (QED) is 0.473. The van der Waals surface area contributed by atoms with E-state index in [1.807, 2.05) is 54.6 Å². The number of anilines is 2. The number of hydrogen-bond acceptors (Lipinski definition) is 4. The Balaban J connectivity index is 1.51. The van der Waals surface area contributed by atoms with Gasteiger partial charge < -0.3 is 10.2 Å². The smallest absolute Gasteiger partial charge is 0.257 e. The van der Waals surface area contributed by atoms with Crippen LogP contribution in [0, 0.1) is 0 Å². The summed E-state index contributed by atoms with van der Waals surface area (Å²) in [6, 6.07) is 25.0. The first-order chi connectivity index (χ1) is 13.7. The molecule has 0 unspecified atom stereocenters. The lowest BCUT2D eigenvalue weighted by molar-refractivity contribution is 0.0976. The highest BCUT2D eigenvalue weighted by Crippen LogP contribution is 2.22. The molecule has 0 aliphatic rings. The van der Waals surface area contributed by atoms with E-state index in [1.54, 1.807) is 18.3 Å². The number of pyridine rings is 1. The average Bonchev–Trinajstić information content (AvgIpc) is 2.75. The Bertz CT molecular complexity index is 849. The van der Waals surface area contributed by atoms with E-state index < -0.39 is 0 Å². The first-order valence-corrected chi connectivity index (χ1v) is 9.53. The first kappa shape index (κ1) is 19.5. The van der Waals surface area contributed by atoms with Crippen LogP contribution in [0.1, 0.15) is 16.8 Å². The third kappa shape index (κ3) is 5.62. The zero-order valence-electron chi connectivity index (χ0n) is 15.4. The number of rotatable bonds is 7. The Kier molecular flexibility index (Phi) is 7.09. The Morgan fingerprint density at radius 2 is 1.61 bits per heavy atom. The van der Waals surface area contributed by atoms with Gasteiger partial charge in [-0.05, 0) is 55.0 Å². The third-order valence-electron chi connectivity index (χ3n) is 4.10. The Morgan fingerprint density at radius 3 is 2.29 bits per heavy atom. The first-order valence-electron chi connectivity index (χ1n) is 9.12. The van der Waals surface area contributed by atoms with Crippen LogP contribution < -0.4 is 15.5 Å².